The van der Waals surface area contributed by atoms with Gasteiger partial charge in [-0.3, -0.25) is 9.89 Å². The quantitative estimate of drug-likeness (QED) is 0.768. The summed E-state index contributed by atoms with van der Waals surface area (Å²) in [5, 5.41) is 9.96. The number of aromatic nitrogens is 3. The van der Waals surface area contributed by atoms with Gasteiger partial charge in [-0.15, -0.1) is 0 Å². The molecule has 0 radical (unpaired) electrons. The first-order valence-electron chi connectivity index (χ1n) is 8.66. The summed E-state index contributed by atoms with van der Waals surface area (Å²) in [6.45, 7) is 6.74. The Balaban J connectivity index is 1.50. The number of hydrogen-bond acceptors (Lipinski definition) is 4. The lowest BCUT2D eigenvalue weighted by Crippen LogP contribution is -2.24. The number of amides is 1. The Morgan fingerprint density at radius 1 is 1.32 bits per heavy atom. The molecule has 0 aliphatic heterocycles. The maximum Gasteiger partial charge on any atom is 0.272 e. The molecule has 0 atom stereocenters. The van der Waals surface area contributed by atoms with Crippen molar-refractivity contribution < 1.29 is 9.21 Å². The SMILES string of the molecule is CC(C)(C)c1ccc2oc(CNC(=O)c3n[nH]c4c3CCC4)nc2c1. The highest BCUT2D eigenvalue weighted by Gasteiger charge is 2.23. The van der Waals surface area contributed by atoms with Gasteiger partial charge < -0.3 is 9.73 Å². The summed E-state index contributed by atoms with van der Waals surface area (Å²) in [4.78, 5) is 16.9. The second-order valence-electron chi connectivity index (χ2n) is 7.61. The molecule has 0 bridgehead atoms. The van der Waals surface area contributed by atoms with E-state index in [2.05, 4.69) is 47.3 Å². The van der Waals surface area contributed by atoms with Crippen LogP contribution in [-0.4, -0.2) is 21.1 Å². The Morgan fingerprint density at radius 3 is 2.96 bits per heavy atom. The van der Waals surface area contributed by atoms with E-state index in [1.807, 2.05) is 12.1 Å². The van der Waals surface area contributed by atoms with Crippen LogP contribution in [0.25, 0.3) is 11.1 Å². The van der Waals surface area contributed by atoms with Crippen molar-refractivity contribution in [2.45, 2.75) is 52.0 Å². The second kappa shape index (κ2) is 5.72. The van der Waals surface area contributed by atoms with E-state index < -0.39 is 0 Å². The molecule has 0 unspecified atom stereocenters. The molecule has 0 spiro atoms. The van der Waals surface area contributed by atoms with Crippen molar-refractivity contribution in [3.05, 3.63) is 46.6 Å². The van der Waals surface area contributed by atoms with Gasteiger partial charge in [-0.25, -0.2) is 4.98 Å². The van der Waals surface area contributed by atoms with E-state index in [9.17, 15) is 4.79 Å². The van der Waals surface area contributed by atoms with Crippen LogP contribution in [0.2, 0.25) is 0 Å². The summed E-state index contributed by atoms with van der Waals surface area (Å²) < 4.78 is 5.74. The van der Waals surface area contributed by atoms with Crippen LogP contribution in [-0.2, 0) is 24.8 Å². The third-order valence-electron chi connectivity index (χ3n) is 4.72. The molecule has 1 aromatic carbocycles. The fourth-order valence-electron chi connectivity index (χ4n) is 3.26. The van der Waals surface area contributed by atoms with E-state index in [1.165, 1.54) is 5.56 Å². The molecule has 1 aliphatic rings. The maximum absolute atomic E-state index is 12.4. The summed E-state index contributed by atoms with van der Waals surface area (Å²) in [5.41, 5.74) is 5.44. The number of benzene rings is 1. The molecule has 0 saturated heterocycles. The normalized spacial score (nSPS) is 14.0. The van der Waals surface area contributed by atoms with Crippen molar-refractivity contribution in [2.75, 3.05) is 0 Å². The van der Waals surface area contributed by atoms with Crippen molar-refractivity contribution in [3.8, 4) is 0 Å². The molecule has 3 aromatic rings. The fourth-order valence-corrected chi connectivity index (χ4v) is 3.26. The molecule has 1 amide bonds. The number of aryl methyl sites for hydroxylation is 1. The first-order valence-corrected chi connectivity index (χ1v) is 8.66. The molecule has 6 heteroatoms. The van der Waals surface area contributed by atoms with Crippen LogP contribution in [0.15, 0.2) is 22.6 Å². The van der Waals surface area contributed by atoms with Crippen LogP contribution in [0.3, 0.4) is 0 Å². The number of nitrogens with zero attached hydrogens (tertiary/aromatic N) is 2. The molecule has 2 N–H and O–H groups in total. The van der Waals surface area contributed by atoms with Crippen LogP contribution >= 0.6 is 0 Å². The lowest BCUT2D eigenvalue weighted by molar-refractivity contribution is 0.0941. The molecular weight excluding hydrogens is 316 g/mol. The molecule has 0 fully saturated rings. The lowest BCUT2D eigenvalue weighted by atomic mass is 9.87. The number of carbonyl (C=O) groups is 1. The van der Waals surface area contributed by atoms with Gasteiger partial charge in [-0.1, -0.05) is 26.8 Å². The summed E-state index contributed by atoms with van der Waals surface area (Å²) in [6.07, 6.45) is 2.95. The highest BCUT2D eigenvalue weighted by atomic mass is 16.3. The largest absolute Gasteiger partial charge is 0.439 e. The molecule has 1 aliphatic carbocycles. The molecule has 2 aromatic heterocycles. The predicted molar refractivity (Wildman–Crippen MR) is 94.5 cm³/mol. The number of oxazole rings is 1. The van der Waals surface area contributed by atoms with Gasteiger partial charge in [0.15, 0.2) is 11.3 Å². The Morgan fingerprint density at radius 2 is 2.16 bits per heavy atom. The highest BCUT2D eigenvalue weighted by molar-refractivity contribution is 5.94. The lowest BCUT2D eigenvalue weighted by Gasteiger charge is -2.18. The minimum absolute atomic E-state index is 0.0574. The fraction of sp³-hybridized carbons (Fsp3) is 0.421. The van der Waals surface area contributed by atoms with Crippen molar-refractivity contribution in [1.29, 1.82) is 0 Å². The van der Waals surface area contributed by atoms with Crippen molar-refractivity contribution in [1.82, 2.24) is 20.5 Å². The number of aromatic amines is 1. The summed E-state index contributed by atoms with van der Waals surface area (Å²) in [5.74, 6) is 0.318. The van der Waals surface area contributed by atoms with Crippen molar-refractivity contribution in [3.63, 3.8) is 0 Å². The average molecular weight is 338 g/mol. The zero-order valence-electron chi connectivity index (χ0n) is 14.8. The number of rotatable bonds is 3. The van der Waals surface area contributed by atoms with E-state index >= 15 is 0 Å². The van der Waals surface area contributed by atoms with Crippen LogP contribution in [0.4, 0.5) is 0 Å². The van der Waals surface area contributed by atoms with Gasteiger partial charge in [0.25, 0.3) is 5.91 Å². The Kier molecular flexibility index (Phi) is 3.63. The van der Waals surface area contributed by atoms with Crippen LogP contribution in [0.5, 0.6) is 0 Å². The monoisotopic (exact) mass is 338 g/mol. The summed E-state index contributed by atoms with van der Waals surface area (Å²) >= 11 is 0. The zero-order chi connectivity index (χ0) is 17.6. The van der Waals surface area contributed by atoms with Gasteiger partial charge in [0.05, 0.1) is 6.54 Å². The third-order valence-corrected chi connectivity index (χ3v) is 4.72. The van der Waals surface area contributed by atoms with E-state index in [4.69, 9.17) is 4.42 Å². The van der Waals surface area contributed by atoms with E-state index in [0.717, 1.165) is 41.6 Å². The van der Waals surface area contributed by atoms with E-state index in [0.29, 0.717) is 11.6 Å². The summed E-state index contributed by atoms with van der Waals surface area (Å²) in [6, 6.07) is 6.04. The number of H-pyrrole nitrogens is 1. The number of carbonyl (C=O) groups excluding carboxylic acids is 1. The zero-order valence-corrected chi connectivity index (χ0v) is 14.8. The summed E-state index contributed by atoms with van der Waals surface area (Å²) in [7, 11) is 0. The van der Waals surface area contributed by atoms with Crippen LogP contribution < -0.4 is 5.32 Å². The second-order valence-corrected chi connectivity index (χ2v) is 7.61. The Hall–Kier alpha value is -2.63. The molecule has 6 nitrogen and oxygen atoms in total. The topological polar surface area (TPSA) is 83.8 Å². The molecule has 2 heterocycles. The molecule has 4 rings (SSSR count). The average Bonchev–Trinajstić information content (AvgIpc) is 3.25. The molecule has 130 valence electrons. The predicted octanol–water partition coefficient (Wildman–Crippen LogP) is 3.27. The number of hydrogen-bond donors (Lipinski definition) is 2. The van der Waals surface area contributed by atoms with E-state index in [1.54, 1.807) is 0 Å². The highest BCUT2D eigenvalue weighted by Crippen LogP contribution is 2.26. The molecule has 0 saturated carbocycles. The van der Waals surface area contributed by atoms with Gasteiger partial charge in [-0.2, -0.15) is 5.10 Å². The Bertz CT molecular complexity index is 946. The van der Waals surface area contributed by atoms with Crippen LogP contribution in [0, 0.1) is 0 Å². The smallest absolute Gasteiger partial charge is 0.272 e. The minimum Gasteiger partial charge on any atom is -0.439 e. The number of nitrogens with one attached hydrogen (secondary N) is 2. The van der Waals surface area contributed by atoms with Gasteiger partial charge in [0, 0.05) is 11.3 Å². The molecular formula is C19H22N4O2. The maximum atomic E-state index is 12.4. The van der Waals surface area contributed by atoms with E-state index in [-0.39, 0.29) is 17.9 Å². The first-order chi connectivity index (χ1) is 11.9. The first kappa shape index (κ1) is 15.9. The number of fused-ring (bicyclic) bond motifs is 2. The van der Waals surface area contributed by atoms with Gasteiger partial charge in [0.2, 0.25) is 5.89 Å². The minimum atomic E-state index is -0.183. The standard InChI is InChI=1S/C19H22N4O2/c1-19(2,3)11-7-8-15-14(9-11)21-16(25-15)10-20-18(24)17-12-5-4-6-13(12)22-23-17/h7-9H,4-6,10H2,1-3H3,(H,20,24)(H,22,23). The van der Waals surface area contributed by atoms with Crippen molar-refractivity contribution in [2.24, 2.45) is 0 Å². The van der Waals surface area contributed by atoms with Gasteiger partial charge in [0.1, 0.15) is 5.52 Å². The molecule has 25 heavy (non-hydrogen) atoms. The Labute approximate surface area is 146 Å². The van der Waals surface area contributed by atoms with Gasteiger partial charge >= 0.3 is 0 Å². The van der Waals surface area contributed by atoms with Crippen molar-refractivity contribution >= 4 is 17.0 Å². The van der Waals surface area contributed by atoms with Gasteiger partial charge in [-0.05, 0) is 42.4 Å². The van der Waals surface area contributed by atoms with Crippen LogP contribution in [0.1, 0.15) is 60.4 Å². The third kappa shape index (κ3) is 2.92.